The van der Waals surface area contributed by atoms with E-state index in [1.54, 1.807) is 38.1 Å². The predicted octanol–water partition coefficient (Wildman–Crippen LogP) is 6.80. The summed E-state index contributed by atoms with van der Waals surface area (Å²) in [5.41, 5.74) is 1.27. The highest BCUT2D eigenvalue weighted by Gasteiger charge is 2.36. The summed E-state index contributed by atoms with van der Waals surface area (Å²) in [5, 5.41) is 13.3. The number of amides is 4. The Morgan fingerprint density at radius 3 is 1.13 bits per heavy atom. The normalized spacial score (nSPS) is 12.9. The molecule has 69 heavy (non-hydrogen) atoms. The maximum atomic E-state index is 13.6. The zero-order chi connectivity index (χ0) is 50.0. The van der Waals surface area contributed by atoms with Gasteiger partial charge in [0.2, 0.25) is 23.6 Å². The van der Waals surface area contributed by atoms with Crippen molar-refractivity contribution in [2.45, 2.75) is 54.0 Å². The van der Waals surface area contributed by atoms with Crippen LogP contribution in [0.5, 0.6) is 0 Å². The molecule has 364 valence electrons. The minimum atomic E-state index is -0.725. The molecule has 0 aromatic heterocycles. The Morgan fingerprint density at radius 2 is 0.826 bits per heavy atom. The second kappa shape index (κ2) is 24.3. The molecule has 0 saturated carbocycles. The number of ether oxygens (including phenoxy) is 2. The van der Waals surface area contributed by atoms with Gasteiger partial charge in [0.25, 0.3) is 0 Å². The van der Waals surface area contributed by atoms with Gasteiger partial charge in [-0.15, -0.1) is 23.2 Å². The molecule has 4 aromatic rings. The number of methoxy groups -OCH3 is 2. The van der Waals surface area contributed by atoms with E-state index in [2.05, 4.69) is 26.6 Å². The van der Waals surface area contributed by atoms with Gasteiger partial charge in [-0.3, -0.25) is 53.3 Å². The molecule has 0 spiro atoms. The van der Waals surface area contributed by atoms with Crippen LogP contribution in [0.3, 0.4) is 0 Å². The first-order chi connectivity index (χ1) is 32.4. The van der Waals surface area contributed by atoms with Crippen LogP contribution >= 0.6 is 23.2 Å². The second-order valence-electron chi connectivity index (χ2n) is 16.2. The first-order valence-electron chi connectivity index (χ1n) is 21.3. The quantitative estimate of drug-likeness (QED) is 0.0495. The van der Waals surface area contributed by atoms with Crippen LogP contribution in [0.2, 0.25) is 0 Å². The molecule has 4 amide bonds. The zero-order valence-corrected chi connectivity index (χ0v) is 39.4. The lowest BCUT2D eigenvalue weighted by molar-refractivity contribution is -0.147. The average Bonchev–Trinajstić information content (AvgIpc) is 3.32. The summed E-state index contributed by atoms with van der Waals surface area (Å²) in [6.45, 7) is 7.06. The molecular weight excluding hydrogens is 933 g/mol. The monoisotopic (exact) mass is 985 g/mol. The lowest BCUT2D eigenvalue weighted by Gasteiger charge is -2.24. The van der Waals surface area contributed by atoms with Crippen molar-refractivity contribution in [1.82, 2.24) is 5.32 Å². The Kier molecular flexibility index (Phi) is 19.2. The number of fused-ring (bicyclic) bond motifs is 4. The average molecular weight is 987 g/mol. The van der Waals surface area contributed by atoms with E-state index < -0.39 is 70.7 Å². The number of benzene rings is 4. The maximum absolute atomic E-state index is 13.6. The van der Waals surface area contributed by atoms with E-state index in [9.17, 15) is 47.9 Å². The molecule has 0 radical (unpaired) electrons. The molecule has 6 rings (SSSR count). The minimum Gasteiger partial charge on any atom is -0.469 e. The van der Waals surface area contributed by atoms with Crippen LogP contribution in [0.15, 0.2) is 72.8 Å². The molecule has 2 aliphatic carbocycles. The Morgan fingerprint density at radius 1 is 0.493 bits per heavy atom. The van der Waals surface area contributed by atoms with Gasteiger partial charge < -0.3 is 30.7 Å². The summed E-state index contributed by atoms with van der Waals surface area (Å²) in [5.74, 6) is -6.09. The van der Waals surface area contributed by atoms with E-state index in [-0.39, 0.29) is 118 Å². The van der Waals surface area contributed by atoms with Crippen LogP contribution in [0.25, 0.3) is 0 Å². The lowest BCUT2D eigenvalue weighted by Crippen LogP contribution is -2.45. The van der Waals surface area contributed by atoms with Crippen LogP contribution in [0.1, 0.15) is 112 Å². The van der Waals surface area contributed by atoms with Crippen molar-refractivity contribution in [2.24, 2.45) is 17.8 Å². The smallest absolute Gasteiger partial charge is 0.323 e. The number of carbonyl (C=O) groups excluding carboxylic acids is 10. The molecule has 0 unspecified atom stereocenters. The molecule has 4 aromatic carbocycles. The number of ketones is 4. The lowest BCUT2D eigenvalue weighted by atomic mass is 9.82. The fourth-order valence-corrected chi connectivity index (χ4v) is 7.85. The van der Waals surface area contributed by atoms with E-state index in [1.165, 1.54) is 62.8 Å². The number of carbonyl (C=O) groups is 10. The van der Waals surface area contributed by atoms with E-state index in [1.807, 2.05) is 13.8 Å². The van der Waals surface area contributed by atoms with E-state index in [0.717, 1.165) is 0 Å². The number of nitrogens with one attached hydrogen (secondary N) is 5. The largest absolute Gasteiger partial charge is 0.469 e. The van der Waals surface area contributed by atoms with Crippen LogP contribution in [0, 0.1) is 17.8 Å². The number of alkyl halides is 2. The summed E-state index contributed by atoms with van der Waals surface area (Å²) < 4.78 is 9.64. The van der Waals surface area contributed by atoms with E-state index >= 15 is 0 Å². The molecular formula is C50H53Cl2N5O12. The minimum absolute atomic E-state index is 0. The SMILES string of the molecule is C.COC(=O)[C@@H](NCC(=O)Nc1ccc(NC(=O)CC[C@@H](C(=O)OC)C(C)C)c2c1C(=O)c1ccccc1C2=O)C(C)C.O=C(CCl)Nc1ccc(NC(=O)CCl)c2c1C(=O)c1ccccc1C2=O. The third-order valence-corrected chi connectivity index (χ3v) is 11.6. The third kappa shape index (κ3) is 12.3. The van der Waals surface area contributed by atoms with Gasteiger partial charge in [0.15, 0.2) is 23.1 Å². The van der Waals surface area contributed by atoms with Gasteiger partial charge in [-0.25, -0.2) is 0 Å². The number of hydrogen-bond acceptors (Lipinski definition) is 13. The third-order valence-electron chi connectivity index (χ3n) is 11.1. The van der Waals surface area contributed by atoms with Crippen molar-refractivity contribution in [1.29, 1.82) is 0 Å². The van der Waals surface area contributed by atoms with Crippen molar-refractivity contribution in [3.63, 3.8) is 0 Å². The zero-order valence-electron chi connectivity index (χ0n) is 37.9. The Hall–Kier alpha value is -7.08. The van der Waals surface area contributed by atoms with Gasteiger partial charge in [0.1, 0.15) is 17.8 Å². The first kappa shape index (κ1) is 54.5. The molecule has 19 heteroatoms. The van der Waals surface area contributed by atoms with Crippen molar-refractivity contribution in [3.8, 4) is 0 Å². The number of anilines is 4. The maximum Gasteiger partial charge on any atom is 0.323 e. The summed E-state index contributed by atoms with van der Waals surface area (Å²) in [4.78, 5) is 127. The van der Waals surface area contributed by atoms with Gasteiger partial charge in [0, 0.05) is 28.7 Å². The predicted molar refractivity (Wildman–Crippen MR) is 260 cm³/mol. The highest BCUT2D eigenvalue weighted by molar-refractivity contribution is 6.35. The van der Waals surface area contributed by atoms with Gasteiger partial charge in [-0.2, -0.15) is 0 Å². The summed E-state index contributed by atoms with van der Waals surface area (Å²) in [6, 6.07) is 17.7. The molecule has 5 N–H and O–H groups in total. The fourth-order valence-electron chi connectivity index (χ4n) is 7.72. The first-order valence-corrected chi connectivity index (χ1v) is 22.4. The van der Waals surface area contributed by atoms with Crippen molar-refractivity contribution in [2.75, 3.05) is 53.8 Å². The van der Waals surface area contributed by atoms with Crippen LogP contribution in [-0.4, -0.2) is 97.3 Å². The molecule has 2 aliphatic rings. The second-order valence-corrected chi connectivity index (χ2v) is 16.8. The van der Waals surface area contributed by atoms with Crippen molar-refractivity contribution in [3.05, 3.63) is 117 Å². The van der Waals surface area contributed by atoms with Crippen LogP contribution in [0.4, 0.5) is 22.7 Å². The van der Waals surface area contributed by atoms with Gasteiger partial charge in [-0.1, -0.05) is 83.7 Å². The van der Waals surface area contributed by atoms with Gasteiger partial charge in [0.05, 0.1) is 71.7 Å². The molecule has 0 heterocycles. The van der Waals surface area contributed by atoms with Gasteiger partial charge >= 0.3 is 11.9 Å². The summed E-state index contributed by atoms with van der Waals surface area (Å²) in [7, 11) is 2.55. The number of hydrogen-bond donors (Lipinski definition) is 5. The van der Waals surface area contributed by atoms with E-state index in [0.29, 0.717) is 0 Å². The van der Waals surface area contributed by atoms with Gasteiger partial charge in [-0.05, 0) is 42.5 Å². The molecule has 17 nitrogen and oxygen atoms in total. The molecule has 0 bridgehead atoms. The fraction of sp³-hybridized carbons (Fsp3) is 0.320. The van der Waals surface area contributed by atoms with Crippen LogP contribution < -0.4 is 26.6 Å². The standard InChI is InChI=1S/C31H37N3O8.C18H12Cl2N2O4.CH4/c1-16(2)18(30(39)41-5)11-14-23(35)33-21-12-13-22(34-24(36)15-32-27(17(3)4)31(40)42-6)26-25(21)28(37)19-9-7-8-10-20(19)29(26)38;19-7-13(23)21-11-5-6-12(22-14(24)8-20)16-15(11)17(25)9-3-1-2-4-10(9)18(16)26;/h7-10,12-13,16-18,27,32H,11,14-15H2,1-6H3,(H,33,35)(H,34,36);1-6H,7-8H2,(H,21,23)(H,22,24);1H4/t18-,27+;;/m1../s1. The summed E-state index contributed by atoms with van der Waals surface area (Å²) >= 11 is 11.0. The Balaban J connectivity index is 0.000000328. The van der Waals surface area contributed by atoms with Crippen molar-refractivity contribution < 1.29 is 57.4 Å². The Bertz CT molecular complexity index is 2540. The topological polar surface area (TPSA) is 249 Å². The van der Waals surface area contributed by atoms with E-state index in [4.69, 9.17) is 32.7 Å². The highest BCUT2D eigenvalue weighted by atomic mass is 35.5. The molecule has 0 saturated heterocycles. The molecule has 0 fully saturated rings. The number of halogens is 2. The number of rotatable bonds is 16. The van der Waals surface area contributed by atoms with Crippen LogP contribution in [-0.2, 0) is 38.2 Å². The van der Waals surface area contributed by atoms with Crippen molar-refractivity contribution >= 4 is 105 Å². The highest BCUT2D eigenvalue weighted by Crippen LogP contribution is 2.38. The molecule has 2 atom stereocenters. The molecule has 0 aliphatic heterocycles. The summed E-state index contributed by atoms with van der Waals surface area (Å²) in [6.07, 6.45) is 0.213. The number of esters is 2. The Labute approximate surface area is 408 Å².